The molecule has 33 heavy (non-hydrogen) atoms. The van der Waals surface area contributed by atoms with Gasteiger partial charge in [-0.2, -0.15) is 0 Å². The number of benzene rings is 1. The molecule has 5 aliphatic rings. The molecule has 3 heteroatoms. The van der Waals surface area contributed by atoms with Crippen molar-refractivity contribution in [3.8, 4) is 0 Å². The summed E-state index contributed by atoms with van der Waals surface area (Å²) in [5.41, 5.74) is 7.34. The standard InChI is InChI=1S/C30H37NO2/c1-19-16-26-23(10-13-29(2)27(26)11-14-30(29)12-5-15-33-30)28-24(19)17-22(32)18-25(28)20-6-8-21(9-7-20)31(3)4/h5-9,15,17,19,25-27H,10-14,16,18H2,1-4H3/t19?,25?,26-,27+,29+,30?/m1/s1. The third-order valence-corrected chi connectivity index (χ3v) is 10.1. The van der Waals surface area contributed by atoms with Gasteiger partial charge >= 0.3 is 0 Å². The highest BCUT2D eigenvalue weighted by Crippen LogP contribution is 2.67. The number of hydrogen-bond acceptors (Lipinski definition) is 3. The number of rotatable bonds is 2. The van der Waals surface area contributed by atoms with E-state index in [0.717, 1.165) is 12.8 Å². The zero-order valence-corrected chi connectivity index (χ0v) is 20.6. The first-order valence-corrected chi connectivity index (χ1v) is 12.9. The third kappa shape index (κ3) is 2.97. The zero-order valence-electron chi connectivity index (χ0n) is 20.6. The van der Waals surface area contributed by atoms with Gasteiger partial charge in [0.1, 0.15) is 5.60 Å². The highest BCUT2D eigenvalue weighted by atomic mass is 16.5. The Bertz CT molecular complexity index is 1070. The van der Waals surface area contributed by atoms with Gasteiger partial charge in [-0.1, -0.05) is 31.6 Å². The second-order valence-corrected chi connectivity index (χ2v) is 11.7. The van der Waals surface area contributed by atoms with E-state index in [1.807, 2.05) is 12.3 Å². The molecule has 3 unspecified atom stereocenters. The maximum absolute atomic E-state index is 12.9. The van der Waals surface area contributed by atoms with E-state index in [4.69, 9.17) is 4.74 Å². The lowest BCUT2D eigenvalue weighted by Gasteiger charge is -2.53. The summed E-state index contributed by atoms with van der Waals surface area (Å²) in [6.45, 7) is 4.88. The molecule has 2 fully saturated rings. The molecule has 0 aromatic heterocycles. The predicted octanol–water partition coefficient (Wildman–Crippen LogP) is 6.57. The quantitative estimate of drug-likeness (QED) is 0.518. The Labute approximate surface area is 198 Å². The number of fused-ring (bicyclic) bond motifs is 5. The van der Waals surface area contributed by atoms with Gasteiger partial charge in [-0.3, -0.25) is 4.79 Å². The van der Waals surface area contributed by atoms with E-state index in [1.165, 1.54) is 48.1 Å². The highest BCUT2D eigenvalue weighted by molar-refractivity contribution is 5.94. The van der Waals surface area contributed by atoms with Gasteiger partial charge in [0.15, 0.2) is 5.78 Å². The molecule has 0 bridgehead atoms. The molecule has 1 spiro atoms. The fourth-order valence-electron chi connectivity index (χ4n) is 8.27. The fourth-order valence-corrected chi connectivity index (χ4v) is 8.27. The Morgan fingerprint density at radius 1 is 1.12 bits per heavy atom. The smallest absolute Gasteiger partial charge is 0.156 e. The number of ketones is 1. The van der Waals surface area contributed by atoms with Crippen molar-refractivity contribution < 1.29 is 9.53 Å². The topological polar surface area (TPSA) is 29.5 Å². The molecule has 174 valence electrons. The molecule has 3 nitrogen and oxygen atoms in total. The summed E-state index contributed by atoms with van der Waals surface area (Å²) < 4.78 is 6.37. The monoisotopic (exact) mass is 443 g/mol. The third-order valence-electron chi connectivity index (χ3n) is 10.1. The number of allylic oxidation sites excluding steroid dienone is 4. The van der Waals surface area contributed by atoms with Crippen LogP contribution in [0.4, 0.5) is 5.69 Å². The molecule has 4 aliphatic carbocycles. The summed E-state index contributed by atoms with van der Waals surface area (Å²) in [7, 11) is 4.16. The van der Waals surface area contributed by atoms with E-state index in [0.29, 0.717) is 30.0 Å². The fraction of sp³-hybridized carbons (Fsp3) is 0.567. The first-order chi connectivity index (χ1) is 15.8. The first kappa shape index (κ1) is 21.3. The predicted molar refractivity (Wildman–Crippen MR) is 133 cm³/mol. The number of nitrogens with zero attached hydrogens (tertiary/aromatic N) is 1. The minimum Gasteiger partial charge on any atom is -0.494 e. The van der Waals surface area contributed by atoms with Gasteiger partial charge in [0.25, 0.3) is 0 Å². The molecule has 6 atom stereocenters. The number of anilines is 1. The van der Waals surface area contributed by atoms with Gasteiger partial charge in [0.2, 0.25) is 0 Å². The van der Waals surface area contributed by atoms with Crippen molar-refractivity contribution >= 4 is 11.5 Å². The molecule has 0 saturated heterocycles. The normalized spacial score (nSPS) is 39.2. The van der Waals surface area contributed by atoms with Crippen LogP contribution in [0.2, 0.25) is 0 Å². The van der Waals surface area contributed by atoms with Crippen LogP contribution in [0.1, 0.15) is 70.3 Å². The van der Waals surface area contributed by atoms with Crippen molar-refractivity contribution in [1.82, 2.24) is 0 Å². The Hall–Kier alpha value is -2.29. The minimum atomic E-state index is 0.0250. The van der Waals surface area contributed by atoms with Crippen molar-refractivity contribution in [3.05, 3.63) is 65.0 Å². The average molecular weight is 444 g/mol. The van der Waals surface area contributed by atoms with Crippen LogP contribution in [0.3, 0.4) is 0 Å². The summed E-state index contributed by atoms with van der Waals surface area (Å²) in [5, 5.41) is 0. The zero-order chi connectivity index (χ0) is 23.0. The van der Waals surface area contributed by atoms with E-state index < -0.39 is 0 Å². The minimum absolute atomic E-state index is 0.0250. The largest absolute Gasteiger partial charge is 0.494 e. The summed E-state index contributed by atoms with van der Waals surface area (Å²) in [4.78, 5) is 15.0. The SMILES string of the molecule is CC1C[C@@H]2C(=C3C1=CC(=O)CC3c1ccc(N(C)C)cc1)CC[C@@]1(C)[C@H]2CCC12CC=CO2. The number of carbonyl (C=O) groups excluding carboxylic acids is 1. The highest BCUT2D eigenvalue weighted by Gasteiger charge is 2.63. The summed E-state index contributed by atoms with van der Waals surface area (Å²) in [6.07, 6.45) is 13.9. The van der Waals surface area contributed by atoms with Gasteiger partial charge in [-0.05, 0) is 90.9 Å². The van der Waals surface area contributed by atoms with Gasteiger partial charge in [0, 0.05) is 44.0 Å². The van der Waals surface area contributed by atoms with E-state index >= 15 is 0 Å². The van der Waals surface area contributed by atoms with Crippen molar-refractivity contribution in [2.45, 2.75) is 70.3 Å². The van der Waals surface area contributed by atoms with Gasteiger partial charge in [-0.15, -0.1) is 0 Å². The van der Waals surface area contributed by atoms with Crippen molar-refractivity contribution in [1.29, 1.82) is 0 Å². The Morgan fingerprint density at radius 2 is 1.91 bits per heavy atom. The lowest BCUT2D eigenvalue weighted by molar-refractivity contribution is -0.115. The molecule has 1 aliphatic heterocycles. The van der Waals surface area contributed by atoms with E-state index in [2.05, 4.69) is 63.2 Å². The Morgan fingerprint density at radius 3 is 2.61 bits per heavy atom. The lowest BCUT2D eigenvalue weighted by Crippen LogP contribution is -2.50. The summed E-state index contributed by atoms with van der Waals surface area (Å²) in [5.74, 6) is 2.27. The van der Waals surface area contributed by atoms with Crippen molar-refractivity contribution in [3.63, 3.8) is 0 Å². The Kier molecular flexibility index (Phi) is 4.74. The lowest BCUT2D eigenvalue weighted by atomic mass is 9.52. The molecule has 1 aromatic carbocycles. The Balaban J connectivity index is 1.43. The van der Waals surface area contributed by atoms with Crippen LogP contribution >= 0.6 is 0 Å². The molecule has 0 amide bonds. The maximum atomic E-state index is 12.9. The molecule has 2 saturated carbocycles. The first-order valence-electron chi connectivity index (χ1n) is 12.9. The molecule has 0 radical (unpaired) electrons. The van der Waals surface area contributed by atoms with E-state index in [1.54, 1.807) is 5.57 Å². The second kappa shape index (κ2) is 7.35. The van der Waals surface area contributed by atoms with Crippen LogP contribution < -0.4 is 4.90 Å². The van der Waals surface area contributed by atoms with Crippen LogP contribution in [0.25, 0.3) is 0 Å². The second-order valence-electron chi connectivity index (χ2n) is 11.7. The number of hydrogen-bond donors (Lipinski definition) is 0. The molecule has 0 N–H and O–H groups in total. The van der Waals surface area contributed by atoms with Crippen LogP contribution in [-0.2, 0) is 9.53 Å². The summed E-state index contributed by atoms with van der Waals surface area (Å²) in [6, 6.07) is 8.92. The molecular formula is C30H37NO2. The van der Waals surface area contributed by atoms with Crippen molar-refractivity contribution in [2.24, 2.45) is 23.2 Å². The van der Waals surface area contributed by atoms with Gasteiger partial charge in [0.05, 0.1) is 6.26 Å². The van der Waals surface area contributed by atoms with Gasteiger partial charge in [-0.25, -0.2) is 0 Å². The van der Waals surface area contributed by atoms with E-state index in [9.17, 15) is 4.79 Å². The molecule has 6 rings (SSSR count). The van der Waals surface area contributed by atoms with Crippen LogP contribution in [-0.4, -0.2) is 25.5 Å². The number of carbonyl (C=O) groups is 1. The molecule has 1 heterocycles. The molecular weight excluding hydrogens is 406 g/mol. The number of ether oxygens (including phenoxy) is 1. The summed E-state index contributed by atoms with van der Waals surface area (Å²) >= 11 is 0. The van der Waals surface area contributed by atoms with Crippen LogP contribution in [0, 0.1) is 23.2 Å². The van der Waals surface area contributed by atoms with Crippen LogP contribution in [0.5, 0.6) is 0 Å². The van der Waals surface area contributed by atoms with Gasteiger partial charge < -0.3 is 9.64 Å². The van der Waals surface area contributed by atoms with Crippen molar-refractivity contribution in [2.75, 3.05) is 19.0 Å². The maximum Gasteiger partial charge on any atom is 0.156 e. The average Bonchev–Trinajstić information content (AvgIpc) is 3.40. The molecule has 1 aromatic rings. The van der Waals surface area contributed by atoms with E-state index in [-0.39, 0.29) is 16.9 Å². The van der Waals surface area contributed by atoms with Crippen LogP contribution in [0.15, 0.2) is 59.4 Å².